The Labute approximate surface area is 155 Å². The molecule has 1 saturated heterocycles. The third kappa shape index (κ3) is 4.75. The van der Waals surface area contributed by atoms with Crippen molar-refractivity contribution in [2.24, 2.45) is 5.92 Å². The van der Waals surface area contributed by atoms with E-state index >= 15 is 0 Å². The third-order valence-electron chi connectivity index (χ3n) is 4.86. The number of amides is 1. The summed E-state index contributed by atoms with van der Waals surface area (Å²) in [6, 6.07) is 11.7. The summed E-state index contributed by atoms with van der Waals surface area (Å²) in [4.78, 5) is 19.1. The van der Waals surface area contributed by atoms with E-state index in [9.17, 15) is 4.79 Å². The van der Waals surface area contributed by atoms with Gasteiger partial charge in [-0.15, -0.1) is 0 Å². The summed E-state index contributed by atoms with van der Waals surface area (Å²) in [7, 11) is 0. The molecule has 1 aromatic heterocycles. The molecule has 26 heavy (non-hydrogen) atoms. The fraction of sp³-hybridized carbons (Fsp3) is 0.429. The molecule has 5 nitrogen and oxygen atoms in total. The number of pyridine rings is 1. The van der Waals surface area contributed by atoms with Crippen LogP contribution in [0.1, 0.15) is 43.5 Å². The van der Waals surface area contributed by atoms with Crippen LogP contribution >= 0.6 is 0 Å². The van der Waals surface area contributed by atoms with Crippen molar-refractivity contribution in [1.82, 2.24) is 4.98 Å². The number of rotatable bonds is 6. The zero-order chi connectivity index (χ0) is 18.4. The lowest BCUT2D eigenvalue weighted by Crippen LogP contribution is -2.32. The molecule has 0 radical (unpaired) electrons. The Morgan fingerprint density at radius 3 is 2.50 bits per heavy atom. The van der Waals surface area contributed by atoms with Crippen LogP contribution in [0.15, 0.2) is 42.6 Å². The molecule has 0 bridgehead atoms. The van der Waals surface area contributed by atoms with Crippen molar-refractivity contribution < 1.29 is 4.79 Å². The summed E-state index contributed by atoms with van der Waals surface area (Å²) in [5.41, 5.74) is 2.58. The molecule has 3 rings (SSSR count). The Morgan fingerprint density at radius 2 is 1.88 bits per heavy atom. The summed E-state index contributed by atoms with van der Waals surface area (Å²) in [5.74, 6) is 1.48. The highest BCUT2D eigenvalue weighted by Gasteiger charge is 2.16. The Morgan fingerprint density at radius 1 is 1.15 bits per heavy atom. The van der Waals surface area contributed by atoms with Crippen LogP contribution in [0.2, 0.25) is 0 Å². The molecule has 1 aliphatic rings. The maximum atomic E-state index is 12.4. The van der Waals surface area contributed by atoms with Crippen molar-refractivity contribution in [2.45, 2.75) is 33.1 Å². The minimum atomic E-state index is -0.140. The molecular formula is C21H28N4O. The van der Waals surface area contributed by atoms with E-state index in [1.807, 2.05) is 18.2 Å². The van der Waals surface area contributed by atoms with E-state index in [1.54, 1.807) is 12.3 Å². The van der Waals surface area contributed by atoms with E-state index in [2.05, 4.69) is 46.5 Å². The second kappa shape index (κ2) is 8.70. The molecule has 0 aliphatic carbocycles. The number of nitrogens with one attached hydrogen (secondary N) is 2. The number of nitrogens with zero attached hydrogens (tertiary/aromatic N) is 2. The highest BCUT2D eigenvalue weighted by atomic mass is 16.1. The Bertz CT molecular complexity index is 704. The topological polar surface area (TPSA) is 57.3 Å². The number of benzene rings is 1. The number of piperidine rings is 1. The van der Waals surface area contributed by atoms with Gasteiger partial charge in [-0.1, -0.05) is 13.8 Å². The predicted octanol–water partition coefficient (Wildman–Crippen LogP) is 4.39. The lowest BCUT2D eigenvalue weighted by atomic mass is 9.99. The summed E-state index contributed by atoms with van der Waals surface area (Å²) in [5, 5.41) is 6.14. The third-order valence-corrected chi connectivity index (χ3v) is 4.86. The van der Waals surface area contributed by atoms with E-state index in [-0.39, 0.29) is 5.91 Å². The second-order valence-electron chi connectivity index (χ2n) is 7.03. The summed E-state index contributed by atoms with van der Waals surface area (Å²) >= 11 is 0. The highest BCUT2D eigenvalue weighted by molar-refractivity contribution is 6.04. The van der Waals surface area contributed by atoms with E-state index in [4.69, 9.17) is 0 Å². The minimum absolute atomic E-state index is 0.140. The van der Waals surface area contributed by atoms with Crippen LogP contribution in [-0.4, -0.2) is 30.5 Å². The molecule has 1 aliphatic heterocycles. The molecule has 5 heteroatoms. The lowest BCUT2D eigenvalue weighted by molar-refractivity contribution is 0.102. The zero-order valence-electron chi connectivity index (χ0n) is 15.7. The first kappa shape index (κ1) is 18.2. The quantitative estimate of drug-likeness (QED) is 0.809. The van der Waals surface area contributed by atoms with Crippen LogP contribution in [0.25, 0.3) is 0 Å². The maximum absolute atomic E-state index is 12.4. The molecule has 1 aromatic carbocycles. The largest absolute Gasteiger partial charge is 0.372 e. The smallest absolute Gasteiger partial charge is 0.257 e. The van der Waals surface area contributed by atoms with E-state index in [0.717, 1.165) is 43.5 Å². The molecule has 0 atom stereocenters. The van der Waals surface area contributed by atoms with Crippen molar-refractivity contribution in [1.29, 1.82) is 0 Å². The lowest BCUT2D eigenvalue weighted by Gasteiger charge is -2.32. The Balaban J connectivity index is 1.57. The molecule has 0 saturated carbocycles. The van der Waals surface area contributed by atoms with Gasteiger partial charge in [0.05, 0.1) is 5.56 Å². The number of hydrogen-bond donors (Lipinski definition) is 2. The minimum Gasteiger partial charge on any atom is -0.372 e. The molecule has 2 heterocycles. The normalized spacial score (nSPS) is 14.9. The number of aromatic nitrogens is 1. The fourth-order valence-electron chi connectivity index (χ4n) is 3.11. The second-order valence-corrected chi connectivity index (χ2v) is 7.03. The Hall–Kier alpha value is -2.56. The number of carbonyl (C=O) groups excluding carboxylic acids is 1. The predicted molar refractivity (Wildman–Crippen MR) is 108 cm³/mol. The van der Waals surface area contributed by atoms with Gasteiger partial charge in [-0.25, -0.2) is 4.98 Å². The van der Waals surface area contributed by atoms with Crippen LogP contribution in [0.5, 0.6) is 0 Å². The van der Waals surface area contributed by atoms with Crippen molar-refractivity contribution in [3.8, 4) is 0 Å². The summed E-state index contributed by atoms with van der Waals surface area (Å²) < 4.78 is 0. The molecular weight excluding hydrogens is 324 g/mol. The van der Waals surface area contributed by atoms with Gasteiger partial charge in [0.1, 0.15) is 5.82 Å². The molecule has 2 aromatic rings. The molecule has 1 amide bonds. The van der Waals surface area contributed by atoms with Crippen molar-refractivity contribution >= 4 is 23.1 Å². The van der Waals surface area contributed by atoms with E-state index in [0.29, 0.717) is 5.56 Å². The van der Waals surface area contributed by atoms with Crippen LogP contribution in [0, 0.1) is 5.92 Å². The van der Waals surface area contributed by atoms with Crippen LogP contribution in [0.3, 0.4) is 0 Å². The first-order valence-electron chi connectivity index (χ1n) is 9.52. The first-order valence-corrected chi connectivity index (χ1v) is 9.52. The highest BCUT2D eigenvalue weighted by Crippen LogP contribution is 2.24. The standard InChI is InChI=1S/C21H28N4O/c1-3-12-22-20-9-4-17(15-23-20)21(26)24-18-5-7-19(8-6-18)25-13-10-16(2)11-14-25/h4-9,15-16H,3,10-14H2,1-2H3,(H,22,23)(H,24,26). The van der Waals surface area contributed by atoms with Gasteiger partial charge >= 0.3 is 0 Å². The van der Waals surface area contributed by atoms with Gasteiger partial charge in [-0.05, 0) is 61.6 Å². The van der Waals surface area contributed by atoms with E-state index < -0.39 is 0 Å². The molecule has 1 fully saturated rings. The van der Waals surface area contributed by atoms with E-state index in [1.165, 1.54) is 18.5 Å². The van der Waals surface area contributed by atoms with Gasteiger partial charge in [0.2, 0.25) is 0 Å². The van der Waals surface area contributed by atoms with Crippen LogP contribution < -0.4 is 15.5 Å². The van der Waals surface area contributed by atoms with Gasteiger partial charge in [0, 0.05) is 37.2 Å². The summed E-state index contributed by atoms with van der Waals surface area (Å²) in [6.07, 6.45) is 5.14. The van der Waals surface area contributed by atoms with Crippen molar-refractivity contribution in [3.05, 3.63) is 48.2 Å². The molecule has 2 N–H and O–H groups in total. The molecule has 0 spiro atoms. The van der Waals surface area contributed by atoms with Crippen LogP contribution in [-0.2, 0) is 0 Å². The van der Waals surface area contributed by atoms with Gasteiger partial charge in [-0.2, -0.15) is 0 Å². The monoisotopic (exact) mass is 352 g/mol. The van der Waals surface area contributed by atoms with Gasteiger partial charge < -0.3 is 15.5 Å². The van der Waals surface area contributed by atoms with Gasteiger partial charge in [-0.3, -0.25) is 4.79 Å². The average Bonchev–Trinajstić information content (AvgIpc) is 2.68. The maximum Gasteiger partial charge on any atom is 0.257 e. The average molecular weight is 352 g/mol. The molecule has 0 unspecified atom stereocenters. The van der Waals surface area contributed by atoms with Gasteiger partial charge in [0.15, 0.2) is 0 Å². The molecule has 138 valence electrons. The number of anilines is 3. The fourth-order valence-corrected chi connectivity index (χ4v) is 3.11. The van der Waals surface area contributed by atoms with Gasteiger partial charge in [0.25, 0.3) is 5.91 Å². The van der Waals surface area contributed by atoms with Crippen molar-refractivity contribution in [2.75, 3.05) is 35.2 Å². The zero-order valence-corrected chi connectivity index (χ0v) is 15.7. The number of hydrogen-bond acceptors (Lipinski definition) is 4. The Kier molecular flexibility index (Phi) is 6.10. The SMILES string of the molecule is CCCNc1ccc(C(=O)Nc2ccc(N3CCC(C)CC3)cc2)cn1. The first-order chi connectivity index (χ1) is 12.7. The van der Waals surface area contributed by atoms with Crippen LogP contribution in [0.4, 0.5) is 17.2 Å². The van der Waals surface area contributed by atoms with Crippen molar-refractivity contribution in [3.63, 3.8) is 0 Å². The number of carbonyl (C=O) groups is 1. The summed E-state index contributed by atoms with van der Waals surface area (Å²) in [6.45, 7) is 7.51.